The van der Waals surface area contributed by atoms with Crippen LogP contribution >= 0.6 is 0 Å². The zero-order chi connectivity index (χ0) is 13.9. The summed E-state index contributed by atoms with van der Waals surface area (Å²) in [5.41, 5.74) is -0.220. The molecule has 0 aliphatic heterocycles. The first kappa shape index (κ1) is 14.5. The van der Waals surface area contributed by atoms with Crippen molar-refractivity contribution in [2.45, 2.75) is 20.8 Å². The molecular weight excluding hydrogens is 243 g/mol. The molecule has 0 fully saturated rings. The van der Waals surface area contributed by atoms with E-state index in [1.165, 1.54) is 0 Å². The van der Waals surface area contributed by atoms with Crippen LogP contribution in [0.5, 0.6) is 0 Å². The standard InChI is InChI=1S/C13H16F3NO/c1-7(2)8(3)6-17-13(18)9-4-10(14)12(16)11(15)5-9/h4-5,7-8H,6H2,1-3H3,(H,17,18). The third kappa shape index (κ3) is 3.48. The number of nitrogens with one attached hydrogen (secondary N) is 1. The van der Waals surface area contributed by atoms with Crippen molar-refractivity contribution in [1.29, 1.82) is 0 Å². The molecule has 0 aliphatic carbocycles. The Hall–Kier alpha value is -1.52. The molecule has 1 unspecified atom stereocenters. The maximum absolute atomic E-state index is 12.9. The summed E-state index contributed by atoms with van der Waals surface area (Å²) in [6.07, 6.45) is 0. The van der Waals surface area contributed by atoms with E-state index in [-0.39, 0.29) is 11.5 Å². The SMILES string of the molecule is CC(C)C(C)CNC(=O)c1cc(F)c(F)c(F)c1. The van der Waals surface area contributed by atoms with Gasteiger partial charge in [0.15, 0.2) is 17.5 Å². The fraction of sp³-hybridized carbons (Fsp3) is 0.462. The van der Waals surface area contributed by atoms with Crippen molar-refractivity contribution in [1.82, 2.24) is 5.32 Å². The summed E-state index contributed by atoms with van der Waals surface area (Å²) < 4.78 is 38.6. The second-order valence-corrected chi connectivity index (χ2v) is 4.69. The zero-order valence-electron chi connectivity index (χ0n) is 10.6. The molecule has 1 atom stereocenters. The third-order valence-corrected chi connectivity index (χ3v) is 2.97. The van der Waals surface area contributed by atoms with Gasteiger partial charge in [0, 0.05) is 12.1 Å². The molecule has 2 nitrogen and oxygen atoms in total. The van der Waals surface area contributed by atoms with Crippen molar-refractivity contribution in [2.75, 3.05) is 6.54 Å². The van der Waals surface area contributed by atoms with Crippen LogP contribution in [0.15, 0.2) is 12.1 Å². The number of carbonyl (C=O) groups excluding carboxylic acids is 1. The van der Waals surface area contributed by atoms with Crippen LogP contribution in [-0.2, 0) is 0 Å². The summed E-state index contributed by atoms with van der Waals surface area (Å²) in [4.78, 5) is 11.6. The lowest BCUT2D eigenvalue weighted by Gasteiger charge is -2.16. The van der Waals surface area contributed by atoms with E-state index >= 15 is 0 Å². The van der Waals surface area contributed by atoms with Gasteiger partial charge in [-0.3, -0.25) is 4.79 Å². The van der Waals surface area contributed by atoms with Crippen LogP contribution in [0.3, 0.4) is 0 Å². The van der Waals surface area contributed by atoms with E-state index in [2.05, 4.69) is 5.32 Å². The van der Waals surface area contributed by atoms with Gasteiger partial charge in [0.05, 0.1) is 0 Å². The number of benzene rings is 1. The summed E-state index contributed by atoms with van der Waals surface area (Å²) in [5.74, 6) is -4.28. The third-order valence-electron chi connectivity index (χ3n) is 2.97. The average molecular weight is 259 g/mol. The predicted molar refractivity (Wildman–Crippen MR) is 62.7 cm³/mol. The number of halogens is 3. The van der Waals surface area contributed by atoms with Crippen molar-refractivity contribution < 1.29 is 18.0 Å². The Kier molecular flexibility index (Phi) is 4.76. The Balaban J connectivity index is 2.73. The molecule has 0 heterocycles. The lowest BCUT2D eigenvalue weighted by atomic mass is 9.98. The van der Waals surface area contributed by atoms with Gasteiger partial charge in [0.25, 0.3) is 5.91 Å². The zero-order valence-corrected chi connectivity index (χ0v) is 10.6. The molecule has 1 rings (SSSR count). The van der Waals surface area contributed by atoms with Gasteiger partial charge >= 0.3 is 0 Å². The van der Waals surface area contributed by atoms with Crippen molar-refractivity contribution in [3.05, 3.63) is 35.1 Å². The monoisotopic (exact) mass is 259 g/mol. The number of hydrogen-bond acceptors (Lipinski definition) is 1. The van der Waals surface area contributed by atoms with Gasteiger partial charge in [-0.15, -0.1) is 0 Å². The summed E-state index contributed by atoms with van der Waals surface area (Å²) in [5, 5.41) is 2.56. The van der Waals surface area contributed by atoms with Gasteiger partial charge < -0.3 is 5.32 Å². The molecule has 0 aliphatic rings. The van der Waals surface area contributed by atoms with Crippen LogP contribution in [-0.4, -0.2) is 12.5 Å². The molecule has 1 aromatic rings. The second-order valence-electron chi connectivity index (χ2n) is 4.69. The molecule has 1 aromatic carbocycles. The highest BCUT2D eigenvalue weighted by Gasteiger charge is 2.16. The highest BCUT2D eigenvalue weighted by molar-refractivity contribution is 5.94. The first-order chi connectivity index (χ1) is 8.32. The molecule has 100 valence electrons. The van der Waals surface area contributed by atoms with Crippen LogP contribution in [0.1, 0.15) is 31.1 Å². The van der Waals surface area contributed by atoms with E-state index in [0.29, 0.717) is 24.6 Å². The maximum atomic E-state index is 12.9. The normalized spacial score (nSPS) is 12.6. The lowest BCUT2D eigenvalue weighted by molar-refractivity contribution is 0.0943. The average Bonchev–Trinajstić information content (AvgIpc) is 2.31. The Morgan fingerprint density at radius 1 is 1.17 bits per heavy atom. The topological polar surface area (TPSA) is 29.1 Å². The molecule has 0 saturated carbocycles. The van der Waals surface area contributed by atoms with Crippen LogP contribution < -0.4 is 5.32 Å². The summed E-state index contributed by atoms with van der Waals surface area (Å²) in [7, 11) is 0. The fourth-order valence-electron chi connectivity index (χ4n) is 1.28. The minimum absolute atomic E-state index is 0.220. The maximum Gasteiger partial charge on any atom is 0.251 e. The molecule has 0 radical (unpaired) electrons. The lowest BCUT2D eigenvalue weighted by Crippen LogP contribution is -2.30. The van der Waals surface area contributed by atoms with Gasteiger partial charge in [-0.1, -0.05) is 20.8 Å². The van der Waals surface area contributed by atoms with Crippen LogP contribution in [0.2, 0.25) is 0 Å². The Bertz CT molecular complexity index is 423. The van der Waals surface area contributed by atoms with E-state index in [9.17, 15) is 18.0 Å². The Morgan fingerprint density at radius 2 is 1.67 bits per heavy atom. The van der Waals surface area contributed by atoms with Crippen molar-refractivity contribution in [2.24, 2.45) is 11.8 Å². The summed E-state index contributed by atoms with van der Waals surface area (Å²) in [6, 6.07) is 1.38. The molecule has 1 N–H and O–H groups in total. The van der Waals surface area contributed by atoms with Crippen molar-refractivity contribution in [3.63, 3.8) is 0 Å². The largest absolute Gasteiger partial charge is 0.352 e. The molecule has 1 amide bonds. The summed E-state index contributed by atoms with van der Waals surface area (Å²) in [6.45, 7) is 6.37. The van der Waals surface area contributed by atoms with E-state index < -0.39 is 23.4 Å². The van der Waals surface area contributed by atoms with Gasteiger partial charge in [-0.2, -0.15) is 0 Å². The Morgan fingerprint density at radius 3 is 2.11 bits per heavy atom. The fourth-order valence-corrected chi connectivity index (χ4v) is 1.28. The predicted octanol–water partition coefficient (Wildman–Crippen LogP) is 3.13. The van der Waals surface area contributed by atoms with Gasteiger partial charge in [0.2, 0.25) is 0 Å². The molecule has 5 heteroatoms. The first-order valence-corrected chi connectivity index (χ1v) is 5.75. The van der Waals surface area contributed by atoms with Crippen LogP contribution in [0, 0.1) is 29.3 Å². The van der Waals surface area contributed by atoms with E-state index in [1.54, 1.807) is 0 Å². The number of hydrogen-bond donors (Lipinski definition) is 1. The van der Waals surface area contributed by atoms with E-state index in [0.717, 1.165) is 0 Å². The minimum Gasteiger partial charge on any atom is -0.352 e. The van der Waals surface area contributed by atoms with Crippen molar-refractivity contribution >= 4 is 5.91 Å². The summed E-state index contributed by atoms with van der Waals surface area (Å²) >= 11 is 0. The van der Waals surface area contributed by atoms with Crippen LogP contribution in [0.25, 0.3) is 0 Å². The van der Waals surface area contributed by atoms with E-state index in [4.69, 9.17) is 0 Å². The van der Waals surface area contributed by atoms with Gasteiger partial charge in [0.1, 0.15) is 0 Å². The smallest absolute Gasteiger partial charge is 0.251 e. The number of rotatable bonds is 4. The molecule has 0 aromatic heterocycles. The minimum atomic E-state index is -1.57. The molecule has 0 saturated heterocycles. The quantitative estimate of drug-likeness (QED) is 0.827. The van der Waals surface area contributed by atoms with Gasteiger partial charge in [-0.25, -0.2) is 13.2 Å². The van der Waals surface area contributed by atoms with Gasteiger partial charge in [-0.05, 0) is 24.0 Å². The number of amides is 1. The molecule has 0 spiro atoms. The second kappa shape index (κ2) is 5.89. The molecular formula is C13H16F3NO. The molecule has 0 bridgehead atoms. The van der Waals surface area contributed by atoms with Crippen molar-refractivity contribution in [3.8, 4) is 0 Å². The first-order valence-electron chi connectivity index (χ1n) is 5.75. The highest BCUT2D eigenvalue weighted by Crippen LogP contribution is 2.14. The highest BCUT2D eigenvalue weighted by atomic mass is 19.2. The van der Waals surface area contributed by atoms with E-state index in [1.807, 2.05) is 20.8 Å². The molecule has 18 heavy (non-hydrogen) atoms. The Labute approximate surface area is 104 Å². The van der Waals surface area contributed by atoms with Crippen LogP contribution in [0.4, 0.5) is 13.2 Å². The number of carbonyl (C=O) groups is 1.